The standard InChI is InChI=1S/C9H19N3O2S/c1-6(10)4-5-15-7(2)8(13)12-9(14)11-3/h6-7H,4-5,10H2,1-3H3,(H2,11,12,13,14). The fourth-order valence-electron chi connectivity index (χ4n) is 0.782. The van der Waals surface area contributed by atoms with Crippen LogP contribution in [0.5, 0.6) is 0 Å². The van der Waals surface area contributed by atoms with Crippen molar-refractivity contribution in [2.45, 2.75) is 31.6 Å². The van der Waals surface area contributed by atoms with E-state index in [1.54, 1.807) is 6.92 Å². The van der Waals surface area contributed by atoms with Crippen molar-refractivity contribution in [3.63, 3.8) is 0 Å². The Bertz CT molecular complexity index is 221. The molecule has 88 valence electrons. The molecule has 5 nitrogen and oxygen atoms in total. The van der Waals surface area contributed by atoms with Crippen molar-refractivity contribution in [3.05, 3.63) is 0 Å². The first-order valence-electron chi connectivity index (χ1n) is 4.87. The Labute approximate surface area is 94.5 Å². The molecule has 15 heavy (non-hydrogen) atoms. The molecule has 2 atom stereocenters. The van der Waals surface area contributed by atoms with Crippen LogP contribution >= 0.6 is 11.8 Å². The number of hydrogen-bond acceptors (Lipinski definition) is 4. The van der Waals surface area contributed by atoms with Crippen LogP contribution in [0.4, 0.5) is 4.79 Å². The third kappa shape index (κ3) is 7.21. The van der Waals surface area contributed by atoms with E-state index in [4.69, 9.17) is 5.73 Å². The first-order chi connectivity index (χ1) is 6.97. The second kappa shape index (κ2) is 7.53. The number of rotatable bonds is 5. The summed E-state index contributed by atoms with van der Waals surface area (Å²) in [5.41, 5.74) is 5.58. The highest BCUT2D eigenvalue weighted by Gasteiger charge is 2.15. The first-order valence-corrected chi connectivity index (χ1v) is 5.92. The van der Waals surface area contributed by atoms with Crippen LogP contribution in [-0.2, 0) is 4.79 Å². The van der Waals surface area contributed by atoms with Crippen LogP contribution in [0.15, 0.2) is 0 Å². The average molecular weight is 233 g/mol. The molecule has 0 aromatic rings. The van der Waals surface area contributed by atoms with E-state index in [0.717, 1.165) is 12.2 Å². The van der Waals surface area contributed by atoms with Gasteiger partial charge in [-0.15, -0.1) is 11.8 Å². The number of imide groups is 1. The van der Waals surface area contributed by atoms with Gasteiger partial charge in [0.05, 0.1) is 5.25 Å². The average Bonchev–Trinajstić information content (AvgIpc) is 2.16. The van der Waals surface area contributed by atoms with E-state index in [1.165, 1.54) is 18.8 Å². The Kier molecular flexibility index (Phi) is 7.15. The van der Waals surface area contributed by atoms with Crippen molar-refractivity contribution in [2.75, 3.05) is 12.8 Å². The van der Waals surface area contributed by atoms with Crippen LogP contribution < -0.4 is 16.4 Å². The lowest BCUT2D eigenvalue weighted by Crippen LogP contribution is -2.41. The number of hydrogen-bond donors (Lipinski definition) is 3. The van der Waals surface area contributed by atoms with Gasteiger partial charge < -0.3 is 11.1 Å². The molecule has 0 radical (unpaired) electrons. The number of nitrogens with one attached hydrogen (secondary N) is 2. The van der Waals surface area contributed by atoms with Crippen LogP contribution in [0.1, 0.15) is 20.3 Å². The Hall–Kier alpha value is -0.750. The smallest absolute Gasteiger partial charge is 0.321 e. The minimum absolute atomic E-state index is 0.145. The van der Waals surface area contributed by atoms with Gasteiger partial charge in [0, 0.05) is 13.1 Å². The predicted molar refractivity (Wildman–Crippen MR) is 62.8 cm³/mol. The van der Waals surface area contributed by atoms with Gasteiger partial charge in [0.15, 0.2) is 0 Å². The maximum absolute atomic E-state index is 11.4. The highest BCUT2D eigenvalue weighted by Crippen LogP contribution is 2.12. The highest BCUT2D eigenvalue weighted by molar-refractivity contribution is 8.00. The van der Waals surface area contributed by atoms with Gasteiger partial charge in [-0.25, -0.2) is 4.79 Å². The minimum atomic E-state index is -0.473. The van der Waals surface area contributed by atoms with Crippen molar-refractivity contribution in [1.29, 1.82) is 0 Å². The van der Waals surface area contributed by atoms with E-state index in [9.17, 15) is 9.59 Å². The number of nitrogens with two attached hydrogens (primary N) is 1. The molecule has 0 aromatic carbocycles. The zero-order valence-corrected chi connectivity index (χ0v) is 10.2. The van der Waals surface area contributed by atoms with Gasteiger partial charge in [-0.05, 0) is 26.0 Å². The third-order valence-corrected chi connectivity index (χ3v) is 2.96. The lowest BCUT2D eigenvalue weighted by molar-refractivity contribution is -0.119. The van der Waals surface area contributed by atoms with Crippen LogP contribution in [0, 0.1) is 0 Å². The van der Waals surface area contributed by atoms with Crippen LogP contribution in [0.25, 0.3) is 0 Å². The van der Waals surface area contributed by atoms with Gasteiger partial charge in [0.25, 0.3) is 0 Å². The molecule has 0 heterocycles. The highest BCUT2D eigenvalue weighted by atomic mass is 32.2. The lowest BCUT2D eigenvalue weighted by atomic mass is 10.3. The van der Waals surface area contributed by atoms with E-state index < -0.39 is 6.03 Å². The van der Waals surface area contributed by atoms with Crippen LogP contribution in [0.2, 0.25) is 0 Å². The molecule has 0 aliphatic rings. The van der Waals surface area contributed by atoms with E-state index >= 15 is 0 Å². The summed E-state index contributed by atoms with van der Waals surface area (Å²) in [4.78, 5) is 22.2. The Morgan fingerprint density at radius 2 is 2.00 bits per heavy atom. The van der Waals surface area contributed by atoms with Crippen LogP contribution in [-0.4, -0.2) is 36.0 Å². The number of amides is 3. The van der Waals surface area contributed by atoms with Gasteiger partial charge in [-0.2, -0.15) is 0 Å². The van der Waals surface area contributed by atoms with Gasteiger partial charge in [-0.3, -0.25) is 10.1 Å². The lowest BCUT2D eigenvalue weighted by Gasteiger charge is -2.11. The van der Waals surface area contributed by atoms with Gasteiger partial charge in [0.1, 0.15) is 0 Å². The number of carbonyl (C=O) groups is 2. The topological polar surface area (TPSA) is 84.2 Å². The van der Waals surface area contributed by atoms with Crippen LogP contribution in [0.3, 0.4) is 0 Å². The zero-order valence-electron chi connectivity index (χ0n) is 9.37. The summed E-state index contributed by atoms with van der Waals surface area (Å²) in [7, 11) is 1.47. The van der Waals surface area contributed by atoms with E-state index in [0.29, 0.717) is 0 Å². The molecule has 0 spiro atoms. The van der Waals surface area contributed by atoms with E-state index in [1.807, 2.05) is 6.92 Å². The first kappa shape index (κ1) is 14.2. The quantitative estimate of drug-likeness (QED) is 0.637. The molecule has 0 aliphatic heterocycles. The zero-order chi connectivity index (χ0) is 11.8. The summed E-state index contributed by atoms with van der Waals surface area (Å²) >= 11 is 1.49. The van der Waals surface area contributed by atoms with Gasteiger partial charge in [-0.1, -0.05) is 0 Å². The van der Waals surface area contributed by atoms with E-state index in [-0.39, 0.29) is 17.2 Å². The second-order valence-corrected chi connectivity index (χ2v) is 4.80. The molecule has 0 saturated heterocycles. The summed E-state index contributed by atoms with van der Waals surface area (Å²) < 4.78 is 0. The Morgan fingerprint density at radius 1 is 1.40 bits per heavy atom. The minimum Gasteiger partial charge on any atom is -0.341 e. The molecule has 2 unspecified atom stereocenters. The SMILES string of the molecule is CNC(=O)NC(=O)C(C)SCCC(C)N. The molecule has 0 bridgehead atoms. The molecule has 0 aliphatic carbocycles. The molecule has 3 amide bonds. The second-order valence-electron chi connectivity index (χ2n) is 3.35. The maximum atomic E-state index is 11.4. The summed E-state index contributed by atoms with van der Waals surface area (Å²) in [6.07, 6.45) is 0.863. The van der Waals surface area contributed by atoms with E-state index in [2.05, 4.69) is 10.6 Å². The Morgan fingerprint density at radius 3 is 2.47 bits per heavy atom. The Balaban J connectivity index is 3.74. The van der Waals surface area contributed by atoms with Gasteiger partial charge >= 0.3 is 6.03 Å². The van der Waals surface area contributed by atoms with Crippen molar-refractivity contribution in [1.82, 2.24) is 10.6 Å². The molecular weight excluding hydrogens is 214 g/mol. The maximum Gasteiger partial charge on any atom is 0.321 e. The molecule has 0 rings (SSSR count). The van der Waals surface area contributed by atoms with Crippen molar-refractivity contribution < 1.29 is 9.59 Å². The molecule has 4 N–H and O–H groups in total. The summed E-state index contributed by atoms with van der Waals surface area (Å²) in [5, 5.41) is 4.32. The largest absolute Gasteiger partial charge is 0.341 e. The van der Waals surface area contributed by atoms with Crippen molar-refractivity contribution in [3.8, 4) is 0 Å². The fourth-order valence-corrected chi connectivity index (χ4v) is 1.85. The number of carbonyl (C=O) groups excluding carboxylic acids is 2. The molecule has 0 aromatic heterocycles. The molecule has 0 saturated carbocycles. The summed E-state index contributed by atoms with van der Waals surface area (Å²) in [6.45, 7) is 3.69. The number of thioether (sulfide) groups is 1. The van der Waals surface area contributed by atoms with Gasteiger partial charge in [0.2, 0.25) is 5.91 Å². The monoisotopic (exact) mass is 233 g/mol. The third-order valence-electron chi connectivity index (χ3n) is 1.77. The van der Waals surface area contributed by atoms with Crippen molar-refractivity contribution >= 4 is 23.7 Å². The molecule has 0 fully saturated rings. The summed E-state index contributed by atoms with van der Waals surface area (Å²) in [6, 6.07) is -0.327. The fraction of sp³-hybridized carbons (Fsp3) is 0.778. The summed E-state index contributed by atoms with van der Waals surface area (Å²) in [5.74, 6) is 0.545. The number of urea groups is 1. The molecular formula is C9H19N3O2S. The van der Waals surface area contributed by atoms with Crippen molar-refractivity contribution in [2.24, 2.45) is 5.73 Å². The molecule has 6 heteroatoms. The normalized spacial score (nSPS) is 14.1. The predicted octanol–water partition coefficient (Wildman–Crippen LogP) is 0.301.